The molecule has 0 atom stereocenters. The average molecular weight is 266 g/mol. The molecule has 0 radical (unpaired) electrons. The summed E-state index contributed by atoms with van der Waals surface area (Å²) >= 11 is 0. The van der Waals surface area contributed by atoms with E-state index >= 15 is 0 Å². The maximum Gasteiger partial charge on any atom is 0.111 e. The molecule has 0 saturated carbocycles. The summed E-state index contributed by atoms with van der Waals surface area (Å²) in [6.45, 7) is 4.49. The molecule has 0 amide bonds. The summed E-state index contributed by atoms with van der Waals surface area (Å²) in [5.41, 5.74) is 2.24. The van der Waals surface area contributed by atoms with Crippen LogP contribution in [0.25, 0.3) is 5.57 Å². The Morgan fingerprint density at radius 1 is 1.00 bits per heavy atom. The first-order valence-corrected chi connectivity index (χ1v) is 6.44. The normalized spacial score (nSPS) is 11.6. The molecule has 0 bridgehead atoms. The highest BCUT2D eigenvalue weighted by Gasteiger charge is 1.94. The van der Waals surface area contributed by atoms with Crippen LogP contribution in [-0.2, 0) is 14.2 Å². The summed E-state index contributed by atoms with van der Waals surface area (Å²) in [5, 5.41) is 8.49. The fourth-order valence-corrected chi connectivity index (χ4v) is 1.45. The lowest BCUT2D eigenvalue weighted by molar-refractivity contribution is 0.0204. The van der Waals surface area contributed by atoms with E-state index in [2.05, 4.69) is 0 Å². The third-order valence-corrected chi connectivity index (χ3v) is 2.44. The molecule has 4 nitrogen and oxygen atoms in total. The van der Waals surface area contributed by atoms with Crippen LogP contribution in [0.4, 0.5) is 0 Å². The summed E-state index contributed by atoms with van der Waals surface area (Å²) in [4.78, 5) is 0. The van der Waals surface area contributed by atoms with E-state index in [9.17, 15) is 0 Å². The maximum atomic E-state index is 8.49. The van der Waals surface area contributed by atoms with Crippen molar-refractivity contribution < 1.29 is 19.3 Å². The number of ether oxygens (including phenoxy) is 3. The van der Waals surface area contributed by atoms with Gasteiger partial charge in [0.1, 0.15) is 6.61 Å². The van der Waals surface area contributed by atoms with Crippen LogP contribution in [0.3, 0.4) is 0 Å². The Morgan fingerprint density at radius 3 is 2.32 bits per heavy atom. The molecule has 0 saturated heterocycles. The molecule has 0 unspecified atom stereocenters. The quantitative estimate of drug-likeness (QED) is 0.520. The van der Waals surface area contributed by atoms with Crippen molar-refractivity contribution in [2.24, 2.45) is 0 Å². The number of hydrogen-bond acceptors (Lipinski definition) is 4. The molecule has 1 N–H and O–H groups in total. The van der Waals surface area contributed by atoms with Crippen LogP contribution < -0.4 is 0 Å². The summed E-state index contributed by atoms with van der Waals surface area (Å²) < 4.78 is 15.8. The molecule has 0 fully saturated rings. The van der Waals surface area contributed by atoms with Crippen LogP contribution in [0, 0.1) is 0 Å². The third kappa shape index (κ3) is 7.62. The predicted octanol–water partition coefficient (Wildman–Crippen LogP) is 2.09. The minimum atomic E-state index is 0.0483. The van der Waals surface area contributed by atoms with E-state index in [0.717, 1.165) is 11.1 Å². The fraction of sp³-hybridized carbons (Fsp3) is 0.467. The molecule has 1 aromatic rings. The van der Waals surface area contributed by atoms with Gasteiger partial charge in [-0.2, -0.15) is 0 Å². The predicted molar refractivity (Wildman–Crippen MR) is 74.8 cm³/mol. The van der Waals surface area contributed by atoms with Gasteiger partial charge in [-0.15, -0.1) is 0 Å². The van der Waals surface area contributed by atoms with Crippen LogP contribution in [0.2, 0.25) is 0 Å². The molecule has 1 aromatic carbocycles. The molecular weight excluding hydrogens is 244 g/mol. The highest BCUT2D eigenvalue weighted by molar-refractivity contribution is 5.62. The van der Waals surface area contributed by atoms with E-state index in [1.807, 2.05) is 37.3 Å². The minimum absolute atomic E-state index is 0.0483. The Balaban J connectivity index is 2.04. The highest BCUT2D eigenvalue weighted by Crippen LogP contribution is 2.12. The largest absolute Gasteiger partial charge is 0.498 e. The van der Waals surface area contributed by atoms with Crippen LogP contribution >= 0.6 is 0 Å². The standard InChI is InChI=1S/C15H22O4/c1-14(15-5-3-2-4-6-15)13-19-12-11-18-10-9-17-8-7-16/h2-6,13,16H,7-12H2,1H3/b14-13+. The Kier molecular flexibility index (Phi) is 8.72. The smallest absolute Gasteiger partial charge is 0.111 e. The summed E-state index contributed by atoms with van der Waals surface area (Å²) in [7, 11) is 0. The van der Waals surface area contributed by atoms with Gasteiger partial charge in [-0.25, -0.2) is 0 Å². The second-order valence-corrected chi connectivity index (χ2v) is 3.99. The second kappa shape index (κ2) is 10.6. The molecule has 19 heavy (non-hydrogen) atoms. The van der Waals surface area contributed by atoms with Crippen LogP contribution in [0.1, 0.15) is 12.5 Å². The highest BCUT2D eigenvalue weighted by atomic mass is 16.5. The van der Waals surface area contributed by atoms with Gasteiger partial charge in [-0.3, -0.25) is 0 Å². The molecule has 0 aliphatic heterocycles. The average Bonchev–Trinajstić information content (AvgIpc) is 2.46. The zero-order chi connectivity index (χ0) is 13.8. The molecule has 0 aliphatic rings. The third-order valence-electron chi connectivity index (χ3n) is 2.44. The van der Waals surface area contributed by atoms with Gasteiger partial charge >= 0.3 is 0 Å². The molecule has 0 spiro atoms. The van der Waals surface area contributed by atoms with Gasteiger partial charge in [-0.1, -0.05) is 30.3 Å². The monoisotopic (exact) mass is 266 g/mol. The molecule has 0 aliphatic carbocycles. The first-order valence-electron chi connectivity index (χ1n) is 6.44. The Labute approximate surface area is 114 Å². The van der Waals surface area contributed by atoms with E-state index in [0.29, 0.717) is 33.0 Å². The van der Waals surface area contributed by atoms with Crippen molar-refractivity contribution in [3.05, 3.63) is 42.2 Å². The Bertz CT molecular complexity index is 348. The zero-order valence-corrected chi connectivity index (χ0v) is 11.4. The summed E-state index contributed by atoms with van der Waals surface area (Å²) in [6, 6.07) is 10.1. The van der Waals surface area contributed by atoms with Crippen LogP contribution in [0.5, 0.6) is 0 Å². The maximum absolute atomic E-state index is 8.49. The lowest BCUT2D eigenvalue weighted by Crippen LogP contribution is -2.09. The first-order chi connectivity index (χ1) is 9.34. The molecule has 0 heterocycles. The minimum Gasteiger partial charge on any atom is -0.498 e. The van der Waals surface area contributed by atoms with E-state index in [-0.39, 0.29) is 6.61 Å². The van der Waals surface area contributed by atoms with Gasteiger partial charge in [0.25, 0.3) is 0 Å². The van der Waals surface area contributed by atoms with Crippen LogP contribution in [-0.4, -0.2) is 44.7 Å². The van der Waals surface area contributed by atoms with Crippen molar-refractivity contribution in [3.8, 4) is 0 Å². The number of allylic oxidation sites excluding steroid dienone is 1. The van der Waals surface area contributed by atoms with Gasteiger partial charge in [0, 0.05) is 0 Å². The number of aliphatic hydroxyl groups excluding tert-OH is 1. The molecular formula is C15H22O4. The van der Waals surface area contributed by atoms with Crippen molar-refractivity contribution >= 4 is 5.57 Å². The van der Waals surface area contributed by atoms with Gasteiger partial charge in [0.05, 0.1) is 39.3 Å². The number of rotatable bonds is 10. The number of benzene rings is 1. The summed E-state index contributed by atoms with van der Waals surface area (Å²) in [5.74, 6) is 0. The molecule has 106 valence electrons. The van der Waals surface area contributed by atoms with Crippen molar-refractivity contribution in [2.45, 2.75) is 6.92 Å². The Morgan fingerprint density at radius 2 is 1.63 bits per heavy atom. The van der Waals surface area contributed by atoms with Gasteiger partial charge in [0.2, 0.25) is 0 Å². The SMILES string of the molecule is C/C(=C\OCCOCCOCCO)c1ccccc1. The van der Waals surface area contributed by atoms with Crippen molar-refractivity contribution in [2.75, 3.05) is 39.6 Å². The first kappa shape index (κ1) is 15.7. The van der Waals surface area contributed by atoms with E-state index in [1.54, 1.807) is 6.26 Å². The van der Waals surface area contributed by atoms with Gasteiger partial charge in [-0.05, 0) is 18.1 Å². The van der Waals surface area contributed by atoms with E-state index in [1.165, 1.54) is 0 Å². The van der Waals surface area contributed by atoms with Gasteiger partial charge in [0.15, 0.2) is 0 Å². The lowest BCUT2D eigenvalue weighted by Gasteiger charge is -2.06. The molecule has 4 heteroatoms. The molecule has 1 rings (SSSR count). The van der Waals surface area contributed by atoms with Crippen LogP contribution in [0.15, 0.2) is 36.6 Å². The van der Waals surface area contributed by atoms with E-state index < -0.39 is 0 Å². The number of aliphatic hydroxyl groups is 1. The van der Waals surface area contributed by atoms with Crippen molar-refractivity contribution in [1.29, 1.82) is 0 Å². The second-order valence-electron chi connectivity index (χ2n) is 3.99. The van der Waals surface area contributed by atoms with E-state index in [4.69, 9.17) is 19.3 Å². The van der Waals surface area contributed by atoms with Crippen molar-refractivity contribution in [1.82, 2.24) is 0 Å². The topological polar surface area (TPSA) is 47.9 Å². The Hall–Kier alpha value is -1.36. The fourth-order valence-electron chi connectivity index (χ4n) is 1.45. The number of hydrogen-bond donors (Lipinski definition) is 1. The lowest BCUT2D eigenvalue weighted by atomic mass is 10.1. The zero-order valence-electron chi connectivity index (χ0n) is 11.4. The van der Waals surface area contributed by atoms with Crippen molar-refractivity contribution in [3.63, 3.8) is 0 Å². The summed E-state index contributed by atoms with van der Waals surface area (Å²) in [6.07, 6.45) is 1.75. The van der Waals surface area contributed by atoms with Gasteiger partial charge < -0.3 is 19.3 Å². The molecule has 0 aromatic heterocycles.